The third-order valence-electron chi connectivity index (χ3n) is 4.85. The molecule has 0 saturated carbocycles. The third-order valence-corrected chi connectivity index (χ3v) is 7.09. The van der Waals surface area contributed by atoms with E-state index in [4.69, 9.17) is 4.98 Å². The first kappa shape index (κ1) is 21.3. The Balaban J connectivity index is 1.56. The Hall–Kier alpha value is -2.91. The smallest absolute Gasteiger partial charge is 0.261 e. The maximum atomic E-state index is 12.7. The highest BCUT2D eigenvalue weighted by Gasteiger charge is 2.16. The predicted octanol–water partition coefficient (Wildman–Crippen LogP) is 4.38. The Kier molecular flexibility index (Phi) is 5.72. The number of fused-ring (bicyclic) bond motifs is 1. The summed E-state index contributed by atoms with van der Waals surface area (Å²) in [6, 6.07) is 14.1. The van der Waals surface area contributed by atoms with Crippen molar-refractivity contribution >= 4 is 38.5 Å². The second-order valence-corrected chi connectivity index (χ2v) is 10.1. The molecule has 2 aromatic heterocycles. The van der Waals surface area contributed by atoms with Crippen molar-refractivity contribution in [3.05, 3.63) is 71.3 Å². The number of thioether (sulfide) groups is 1. The van der Waals surface area contributed by atoms with E-state index < -0.39 is 10.0 Å². The molecule has 0 aliphatic rings. The molecule has 31 heavy (non-hydrogen) atoms. The van der Waals surface area contributed by atoms with Crippen molar-refractivity contribution in [1.29, 1.82) is 0 Å². The van der Waals surface area contributed by atoms with Crippen molar-refractivity contribution in [3.8, 4) is 0 Å². The van der Waals surface area contributed by atoms with Crippen LogP contribution < -0.4 is 4.72 Å². The van der Waals surface area contributed by atoms with Gasteiger partial charge in [0.05, 0.1) is 27.4 Å². The van der Waals surface area contributed by atoms with Crippen LogP contribution in [0.25, 0.3) is 11.0 Å². The Morgan fingerprint density at radius 3 is 2.29 bits per heavy atom. The molecule has 0 atom stereocenters. The van der Waals surface area contributed by atoms with Crippen LogP contribution in [-0.2, 0) is 22.8 Å². The minimum absolute atomic E-state index is 0.227. The average Bonchev–Trinajstić information content (AvgIpc) is 3.01. The zero-order valence-electron chi connectivity index (χ0n) is 17.7. The Bertz CT molecular complexity index is 1340. The summed E-state index contributed by atoms with van der Waals surface area (Å²) in [5.74, 6) is 1.47. The van der Waals surface area contributed by atoms with Gasteiger partial charge in [0.1, 0.15) is 5.82 Å². The highest BCUT2D eigenvalue weighted by molar-refractivity contribution is 7.98. The van der Waals surface area contributed by atoms with Crippen LogP contribution in [-0.4, -0.2) is 27.9 Å². The van der Waals surface area contributed by atoms with Gasteiger partial charge in [-0.25, -0.2) is 23.4 Å². The van der Waals surface area contributed by atoms with Crippen LogP contribution in [0.15, 0.2) is 58.6 Å². The molecule has 4 aromatic rings. The fourth-order valence-electron chi connectivity index (χ4n) is 3.26. The van der Waals surface area contributed by atoms with Crippen molar-refractivity contribution in [2.24, 2.45) is 7.05 Å². The quantitative estimate of drug-likeness (QED) is 0.344. The van der Waals surface area contributed by atoms with Gasteiger partial charge < -0.3 is 4.57 Å². The van der Waals surface area contributed by atoms with Crippen LogP contribution in [0.2, 0.25) is 0 Å². The molecule has 9 heteroatoms. The normalized spacial score (nSPS) is 11.7. The lowest BCUT2D eigenvalue weighted by Gasteiger charge is -2.08. The molecule has 0 aliphatic carbocycles. The summed E-state index contributed by atoms with van der Waals surface area (Å²) in [6.45, 7) is 5.82. The van der Waals surface area contributed by atoms with Gasteiger partial charge in [-0.1, -0.05) is 29.5 Å². The molecule has 0 amide bonds. The molecule has 2 heterocycles. The number of hydrogen-bond donors (Lipinski definition) is 1. The van der Waals surface area contributed by atoms with Crippen molar-refractivity contribution in [3.63, 3.8) is 0 Å². The first-order chi connectivity index (χ1) is 14.7. The summed E-state index contributed by atoms with van der Waals surface area (Å²) >= 11 is 1.53. The number of anilines is 1. The first-order valence-electron chi connectivity index (χ1n) is 9.71. The molecule has 160 valence electrons. The summed E-state index contributed by atoms with van der Waals surface area (Å²) in [4.78, 5) is 13.8. The van der Waals surface area contributed by atoms with Crippen LogP contribution in [0.1, 0.15) is 22.8 Å². The summed E-state index contributed by atoms with van der Waals surface area (Å²) in [5, 5.41) is 0.719. The zero-order chi connectivity index (χ0) is 22.2. The van der Waals surface area contributed by atoms with Crippen molar-refractivity contribution in [2.45, 2.75) is 36.6 Å². The topological polar surface area (TPSA) is 89.8 Å². The summed E-state index contributed by atoms with van der Waals surface area (Å²) in [6.07, 6.45) is 0. The lowest BCUT2D eigenvalue weighted by molar-refractivity contribution is 0.601. The molecule has 0 unspecified atom stereocenters. The number of rotatable bonds is 6. The zero-order valence-corrected chi connectivity index (χ0v) is 19.4. The molecule has 0 radical (unpaired) electrons. The minimum Gasteiger partial charge on any atom is -0.330 e. The molecule has 1 N–H and O–H groups in total. The van der Waals surface area contributed by atoms with Gasteiger partial charge in [-0.15, -0.1) is 0 Å². The predicted molar refractivity (Wildman–Crippen MR) is 124 cm³/mol. The molecule has 0 bridgehead atoms. The van der Waals surface area contributed by atoms with Crippen LogP contribution in [0.3, 0.4) is 0 Å². The van der Waals surface area contributed by atoms with E-state index in [1.807, 2.05) is 44.5 Å². The molecule has 7 nitrogen and oxygen atoms in total. The Morgan fingerprint density at radius 2 is 1.61 bits per heavy atom. The van der Waals surface area contributed by atoms with Crippen LogP contribution in [0.5, 0.6) is 0 Å². The van der Waals surface area contributed by atoms with Crippen LogP contribution in [0, 0.1) is 20.8 Å². The second kappa shape index (κ2) is 8.32. The van der Waals surface area contributed by atoms with E-state index in [1.165, 1.54) is 11.8 Å². The number of benzene rings is 2. The number of aryl methyl sites for hydroxylation is 4. The third kappa shape index (κ3) is 4.72. The molecule has 0 spiro atoms. The number of aromatic nitrogens is 4. The molecular formula is C22H23N5O2S2. The lowest BCUT2D eigenvalue weighted by atomic mass is 10.2. The molecular weight excluding hydrogens is 430 g/mol. The molecule has 2 aromatic carbocycles. The number of hydrogen-bond acceptors (Lipinski definition) is 6. The molecule has 0 saturated heterocycles. The monoisotopic (exact) mass is 453 g/mol. The summed E-state index contributed by atoms with van der Waals surface area (Å²) in [5.41, 5.74) is 5.00. The number of nitrogens with one attached hydrogen (secondary N) is 1. The van der Waals surface area contributed by atoms with Gasteiger partial charge in [0.2, 0.25) is 0 Å². The maximum absolute atomic E-state index is 12.7. The number of sulfonamides is 1. The van der Waals surface area contributed by atoms with E-state index in [2.05, 4.69) is 14.7 Å². The minimum atomic E-state index is -3.66. The van der Waals surface area contributed by atoms with E-state index in [0.29, 0.717) is 11.4 Å². The van der Waals surface area contributed by atoms with E-state index in [9.17, 15) is 8.42 Å². The van der Waals surface area contributed by atoms with E-state index in [-0.39, 0.29) is 4.90 Å². The number of imidazole rings is 1. The number of nitrogens with zero attached hydrogens (tertiary/aromatic N) is 4. The first-order valence-corrected chi connectivity index (χ1v) is 12.2. The van der Waals surface area contributed by atoms with E-state index in [0.717, 1.165) is 39.0 Å². The van der Waals surface area contributed by atoms with Gasteiger partial charge in [-0.2, -0.15) is 0 Å². The van der Waals surface area contributed by atoms with Gasteiger partial charge in [-0.05, 0) is 57.2 Å². The van der Waals surface area contributed by atoms with E-state index in [1.54, 1.807) is 36.4 Å². The van der Waals surface area contributed by atoms with Crippen molar-refractivity contribution in [2.75, 3.05) is 4.72 Å². The van der Waals surface area contributed by atoms with Gasteiger partial charge in [0, 0.05) is 18.4 Å². The van der Waals surface area contributed by atoms with Gasteiger partial charge in [0.25, 0.3) is 10.0 Å². The Labute approximate surface area is 186 Å². The molecule has 0 aliphatic heterocycles. The molecule has 0 fully saturated rings. The van der Waals surface area contributed by atoms with E-state index >= 15 is 0 Å². The highest BCUT2D eigenvalue weighted by atomic mass is 32.2. The van der Waals surface area contributed by atoms with Crippen molar-refractivity contribution in [1.82, 2.24) is 19.5 Å². The molecule has 4 rings (SSSR count). The van der Waals surface area contributed by atoms with Gasteiger partial charge in [-0.3, -0.25) is 4.72 Å². The summed E-state index contributed by atoms with van der Waals surface area (Å²) in [7, 11) is -1.71. The van der Waals surface area contributed by atoms with Crippen LogP contribution in [0.4, 0.5) is 5.69 Å². The SMILES string of the molecule is Cc1ccc(S(=O)(=O)Nc2ccc3c(c2)nc(CSc2nc(C)cc(C)n2)n3C)cc1. The fraction of sp³-hybridized carbons (Fsp3) is 0.227. The average molecular weight is 454 g/mol. The van der Waals surface area contributed by atoms with Crippen LogP contribution >= 0.6 is 11.8 Å². The fourth-order valence-corrected chi connectivity index (χ4v) is 5.24. The Morgan fingerprint density at radius 1 is 0.935 bits per heavy atom. The maximum Gasteiger partial charge on any atom is 0.261 e. The van der Waals surface area contributed by atoms with Crippen molar-refractivity contribution < 1.29 is 8.42 Å². The lowest BCUT2D eigenvalue weighted by Crippen LogP contribution is -2.12. The second-order valence-electron chi connectivity index (χ2n) is 7.43. The summed E-state index contributed by atoms with van der Waals surface area (Å²) < 4.78 is 30.0. The van der Waals surface area contributed by atoms with Gasteiger partial charge >= 0.3 is 0 Å². The standard InChI is InChI=1S/C22H23N5O2S2/c1-14-5-8-18(9-6-14)31(28,29)26-17-7-10-20-19(12-17)25-21(27(20)4)13-30-22-23-15(2)11-16(3)24-22/h5-12,26H,13H2,1-4H3. The highest BCUT2D eigenvalue weighted by Crippen LogP contribution is 2.25. The largest absolute Gasteiger partial charge is 0.330 e. The van der Waals surface area contributed by atoms with Gasteiger partial charge in [0.15, 0.2) is 5.16 Å².